The van der Waals surface area contributed by atoms with Crippen LogP contribution in [0.25, 0.3) is 0 Å². The molecule has 0 radical (unpaired) electrons. The standard InChI is InChI=1S/C14H28N2O2/c1-10-6-7-16(9-14(10)17-3)12(8-15)13-5-4-11(2)18-13/h10-14H,4-9,15H2,1-3H3. The third-order valence-electron chi connectivity index (χ3n) is 4.63. The van der Waals surface area contributed by atoms with Crippen LogP contribution in [0.2, 0.25) is 0 Å². The van der Waals surface area contributed by atoms with Gasteiger partial charge in [-0.15, -0.1) is 0 Å². The summed E-state index contributed by atoms with van der Waals surface area (Å²) in [6.07, 6.45) is 4.55. The number of nitrogens with zero attached hydrogens (tertiary/aromatic N) is 1. The molecule has 5 atom stereocenters. The molecule has 0 aromatic rings. The molecule has 5 unspecified atom stereocenters. The fourth-order valence-electron chi connectivity index (χ4n) is 3.32. The van der Waals surface area contributed by atoms with Gasteiger partial charge in [0.1, 0.15) is 0 Å². The number of methoxy groups -OCH3 is 1. The summed E-state index contributed by atoms with van der Waals surface area (Å²) in [6.45, 7) is 7.23. The van der Waals surface area contributed by atoms with Crippen molar-refractivity contribution in [3.63, 3.8) is 0 Å². The third-order valence-corrected chi connectivity index (χ3v) is 4.63. The lowest BCUT2D eigenvalue weighted by molar-refractivity contribution is -0.0552. The Labute approximate surface area is 111 Å². The van der Waals surface area contributed by atoms with Crippen LogP contribution in [0.5, 0.6) is 0 Å². The van der Waals surface area contributed by atoms with Crippen LogP contribution in [-0.2, 0) is 9.47 Å². The summed E-state index contributed by atoms with van der Waals surface area (Å²) in [5.41, 5.74) is 5.99. The lowest BCUT2D eigenvalue weighted by Gasteiger charge is -2.42. The Morgan fingerprint density at radius 2 is 2.11 bits per heavy atom. The third kappa shape index (κ3) is 3.05. The Bertz CT molecular complexity index is 262. The van der Waals surface area contributed by atoms with Crippen molar-refractivity contribution in [3.8, 4) is 0 Å². The maximum absolute atomic E-state index is 6.00. The van der Waals surface area contributed by atoms with Gasteiger partial charge in [0.2, 0.25) is 0 Å². The van der Waals surface area contributed by atoms with Gasteiger partial charge in [0, 0.05) is 26.2 Å². The van der Waals surface area contributed by atoms with Gasteiger partial charge in [-0.25, -0.2) is 0 Å². The first-order valence-corrected chi connectivity index (χ1v) is 7.28. The van der Waals surface area contributed by atoms with Crippen LogP contribution < -0.4 is 5.73 Å². The zero-order valence-corrected chi connectivity index (χ0v) is 12.0. The van der Waals surface area contributed by atoms with Gasteiger partial charge < -0.3 is 15.2 Å². The van der Waals surface area contributed by atoms with Gasteiger partial charge in [-0.05, 0) is 38.6 Å². The van der Waals surface area contributed by atoms with Gasteiger partial charge in [0.25, 0.3) is 0 Å². The molecule has 2 aliphatic rings. The molecule has 2 heterocycles. The summed E-state index contributed by atoms with van der Waals surface area (Å²) in [7, 11) is 1.82. The van der Waals surface area contributed by atoms with E-state index in [9.17, 15) is 0 Å². The van der Waals surface area contributed by atoms with Gasteiger partial charge in [0.05, 0.1) is 18.3 Å². The van der Waals surface area contributed by atoms with Crippen LogP contribution in [0.1, 0.15) is 33.1 Å². The van der Waals surface area contributed by atoms with Crippen LogP contribution in [-0.4, -0.2) is 56.0 Å². The van der Waals surface area contributed by atoms with Gasteiger partial charge in [-0.2, -0.15) is 0 Å². The molecule has 18 heavy (non-hydrogen) atoms. The van der Waals surface area contributed by atoms with Crippen molar-refractivity contribution in [3.05, 3.63) is 0 Å². The number of hydrogen-bond acceptors (Lipinski definition) is 4. The second-order valence-corrected chi connectivity index (χ2v) is 5.90. The molecule has 0 aromatic carbocycles. The van der Waals surface area contributed by atoms with Crippen molar-refractivity contribution in [2.24, 2.45) is 11.7 Å². The normalized spacial score (nSPS) is 40.0. The Kier molecular flexibility index (Phi) is 5.01. The predicted octanol–water partition coefficient (Wildman–Crippen LogP) is 1.24. The summed E-state index contributed by atoms with van der Waals surface area (Å²) >= 11 is 0. The Morgan fingerprint density at radius 1 is 1.33 bits per heavy atom. The highest BCUT2D eigenvalue weighted by molar-refractivity contribution is 4.90. The van der Waals surface area contributed by atoms with Gasteiger partial charge in [0.15, 0.2) is 0 Å². The van der Waals surface area contributed by atoms with Crippen LogP contribution in [0, 0.1) is 5.92 Å². The van der Waals surface area contributed by atoms with Crippen molar-refractivity contribution in [2.45, 2.75) is 57.5 Å². The molecule has 0 aromatic heterocycles. The minimum absolute atomic E-state index is 0.316. The second kappa shape index (κ2) is 6.33. The average Bonchev–Trinajstić information content (AvgIpc) is 2.79. The quantitative estimate of drug-likeness (QED) is 0.822. The first-order chi connectivity index (χ1) is 8.65. The van der Waals surface area contributed by atoms with Gasteiger partial charge in [-0.3, -0.25) is 4.90 Å². The highest BCUT2D eigenvalue weighted by atomic mass is 16.5. The van der Waals surface area contributed by atoms with Crippen LogP contribution in [0.15, 0.2) is 0 Å². The fraction of sp³-hybridized carbons (Fsp3) is 1.00. The fourth-order valence-corrected chi connectivity index (χ4v) is 3.32. The Morgan fingerprint density at radius 3 is 2.67 bits per heavy atom. The maximum Gasteiger partial charge on any atom is 0.0747 e. The summed E-state index contributed by atoms with van der Waals surface area (Å²) < 4.78 is 11.6. The average molecular weight is 256 g/mol. The molecule has 4 nitrogen and oxygen atoms in total. The van der Waals surface area contributed by atoms with Crippen molar-refractivity contribution in [1.82, 2.24) is 4.90 Å². The Balaban J connectivity index is 1.95. The van der Waals surface area contributed by atoms with Crippen molar-refractivity contribution in [2.75, 3.05) is 26.7 Å². The highest BCUT2D eigenvalue weighted by Gasteiger charge is 2.36. The van der Waals surface area contributed by atoms with E-state index < -0.39 is 0 Å². The molecule has 2 rings (SSSR count). The molecule has 0 spiro atoms. The zero-order valence-electron chi connectivity index (χ0n) is 12.0. The maximum atomic E-state index is 6.00. The molecular formula is C14H28N2O2. The van der Waals surface area contributed by atoms with E-state index in [1.165, 1.54) is 12.8 Å². The number of nitrogens with two attached hydrogens (primary N) is 1. The molecule has 2 fully saturated rings. The molecule has 0 saturated carbocycles. The topological polar surface area (TPSA) is 47.7 Å². The van der Waals surface area contributed by atoms with E-state index >= 15 is 0 Å². The van der Waals surface area contributed by atoms with Crippen molar-refractivity contribution in [1.29, 1.82) is 0 Å². The van der Waals surface area contributed by atoms with Gasteiger partial charge >= 0.3 is 0 Å². The van der Waals surface area contributed by atoms with Crippen LogP contribution in [0.3, 0.4) is 0 Å². The monoisotopic (exact) mass is 256 g/mol. The predicted molar refractivity (Wildman–Crippen MR) is 72.6 cm³/mol. The number of rotatable bonds is 4. The largest absolute Gasteiger partial charge is 0.380 e. The van der Waals surface area contributed by atoms with E-state index in [1.807, 2.05) is 7.11 Å². The van der Waals surface area contributed by atoms with E-state index in [0.29, 0.717) is 36.8 Å². The van der Waals surface area contributed by atoms with E-state index in [2.05, 4.69) is 18.7 Å². The van der Waals surface area contributed by atoms with E-state index in [0.717, 1.165) is 19.5 Å². The molecule has 2 saturated heterocycles. The highest BCUT2D eigenvalue weighted by Crippen LogP contribution is 2.27. The zero-order chi connectivity index (χ0) is 13.1. The number of ether oxygens (including phenoxy) is 2. The van der Waals surface area contributed by atoms with Crippen molar-refractivity contribution >= 4 is 0 Å². The summed E-state index contributed by atoms with van der Waals surface area (Å²) in [4.78, 5) is 2.48. The SMILES string of the molecule is COC1CN(C(CN)C2CCC(C)O2)CCC1C. The molecule has 0 bridgehead atoms. The first-order valence-electron chi connectivity index (χ1n) is 7.28. The molecule has 2 N–H and O–H groups in total. The first kappa shape index (κ1) is 14.3. The summed E-state index contributed by atoms with van der Waals surface area (Å²) in [6, 6.07) is 0.361. The lowest BCUT2D eigenvalue weighted by atomic mass is 9.93. The number of piperidine rings is 1. The van der Waals surface area contributed by atoms with Crippen molar-refractivity contribution < 1.29 is 9.47 Å². The Hall–Kier alpha value is -0.160. The lowest BCUT2D eigenvalue weighted by Crippen LogP contribution is -2.55. The minimum Gasteiger partial charge on any atom is -0.380 e. The van der Waals surface area contributed by atoms with Gasteiger partial charge in [-0.1, -0.05) is 6.92 Å². The molecule has 0 aliphatic carbocycles. The van der Waals surface area contributed by atoms with E-state index in [1.54, 1.807) is 0 Å². The molecule has 106 valence electrons. The van der Waals surface area contributed by atoms with Crippen LogP contribution in [0.4, 0.5) is 0 Å². The summed E-state index contributed by atoms with van der Waals surface area (Å²) in [5.74, 6) is 0.646. The number of likely N-dealkylation sites (tertiary alicyclic amines) is 1. The minimum atomic E-state index is 0.316. The smallest absolute Gasteiger partial charge is 0.0747 e. The van der Waals surface area contributed by atoms with Crippen LogP contribution >= 0.6 is 0 Å². The molecular weight excluding hydrogens is 228 g/mol. The van der Waals surface area contributed by atoms with E-state index in [4.69, 9.17) is 15.2 Å². The molecule has 2 aliphatic heterocycles. The number of hydrogen-bond donors (Lipinski definition) is 1. The molecule has 4 heteroatoms. The van der Waals surface area contributed by atoms with E-state index in [-0.39, 0.29) is 0 Å². The molecule has 0 amide bonds. The summed E-state index contributed by atoms with van der Waals surface area (Å²) in [5, 5.41) is 0. The second-order valence-electron chi connectivity index (χ2n) is 5.90.